The summed E-state index contributed by atoms with van der Waals surface area (Å²) in [6.07, 6.45) is 8.77. The number of aryl methyl sites for hydroxylation is 1. The molecule has 1 aromatic heterocycles. The van der Waals surface area contributed by atoms with Gasteiger partial charge in [0, 0.05) is 17.5 Å². The topological polar surface area (TPSA) is 67.4 Å². The van der Waals surface area contributed by atoms with E-state index in [1.165, 1.54) is 4.88 Å². The van der Waals surface area contributed by atoms with E-state index in [1.807, 2.05) is 0 Å². The summed E-state index contributed by atoms with van der Waals surface area (Å²) in [7, 11) is 0. The van der Waals surface area contributed by atoms with Gasteiger partial charge < -0.3 is 15.4 Å². The molecule has 0 aromatic carbocycles. The highest BCUT2D eigenvalue weighted by atomic mass is 32.1. The van der Waals surface area contributed by atoms with Crippen LogP contribution in [0.4, 0.5) is 5.00 Å². The second-order valence-corrected chi connectivity index (χ2v) is 8.16. The van der Waals surface area contributed by atoms with E-state index in [0.717, 1.165) is 74.1 Å². The molecule has 4 rings (SSSR count). The van der Waals surface area contributed by atoms with Gasteiger partial charge in [-0.05, 0) is 56.9 Å². The van der Waals surface area contributed by atoms with Crippen molar-refractivity contribution in [2.45, 2.75) is 69.9 Å². The summed E-state index contributed by atoms with van der Waals surface area (Å²) in [6, 6.07) is 0.327. The summed E-state index contributed by atoms with van der Waals surface area (Å²) in [5, 5.41) is 6.81. The summed E-state index contributed by atoms with van der Waals surface area (Å²) >= 11 is 1.58. The molecule has 2 aliphatic carbocycles. The van der Waals surface area contributed by atoms with E-state index >= 15 is 0 Å². The monoisotopic (exact) mass is 348 g/mol. The number of thiophene rings is 1. The van der Waals surface area contributed by atoms with E-state index in [2.05, 4.69) is 10.6 Å². The predicted octanol–water partition coefficient (Wildman–Crippen LogP) is 3.03. The maximum Gasteiger partial charge on any atom is 0.254 e. The fourth-order valence-electron chi connectivity index (χ4n) is 3.57. The lowest BCUT2D eigenvalue weighted by molar-refractivity contribution is -0.119. The molecule has 130 valence electrons. The number of ether oxygens (including phenoxy) is 1. The lowest BCUT2D eigenvalue weighted by Gasteiger charge is -2.21. The van der Waals surface area contributed by atoms with E-state index < -0.39 is 0 Å². The van der Waals surface area contributed by atoms with E-state index in [0.29, 0.717) is 12.5 Å². The van der Waals surface area contributed by atoms with Gasteiger partial charge >= 0.3 is 0 Å². The highest BCUT2D eigenvalue weighted by Crippen LogP contribution is 2.39. The third-order valence-electron chi connectivity index (χ3n) is 5.00. The van der Waals surface area contributed by atoms with Crippen molar-refractivity contribution in [3.8, 4) is 0 Å². The van der Waals surface area contributed by atoms with Crippen molar-refractivity contribution in [2.75, 3.05) is 11.9 Å². The van der Waals surface area contributed by atoms with Crippen LogP contribution >= 0.6 is 11.3 Å². The molecule has 1 aromatic rings. The van der Waals surface area contributed by atoms with Crippen molar-refractivity contribution in [3.63, 3.8) is 0 Å². The average molecular weight is 348 g/mol. The average Bonchev–Trinajstić information content (AvgIpc) is 3.14. The summed E-state index contributed by atoms with van der Waals surface area (Å²) in [5.41, 5.74) is 1.87. The highest BCUT2D eigenvalue weighted by Gasteiger charge is 2.31. The number of carbonyl (C=O) groups is 2. The number of nitrogens with one attached hydrogen (secondary N) is 2. The van der Waals surface area contributed by atoms with Crippen LogP contribution in [0.5, 0.6) is 0 Å². The smallest absolute Gasteiger partial charge is 0.254 e. The van der Waals surface area contributed by atoms with Crippen LogP contribution in [0, 0.1) is 0 Å². The van der Waals surface area contributed by atoms with Gasteiger partial charge in [-0.3, -0.25) is 9.59 Å². The lowest BCUT2D eigenvalue weighted by Crippen LogP contribution is -2.28. The minimum Gasteiger partial charge on any atom is -0.378 e. The second kappa shape index (κ2) is 6.84. The number of hydrogen-bond donors (Lipinski definition) is 2. The standard InChI is InChI=1S/C18H24N2O3S/c21-15(10-12-4-1-2-9-23-12)20-18-16(17(22)19-11-7-8-11)13-5-3-6-14(13)24-18/h11-12H,1-10H2,(H,19,22)(H,20,21). The quantitative estimate of drug-likeness (QED) is 0.859. The number of anilines is 1. The Balaban J connectivity index is 1.47. The number of amides is 2. The van der Waals surface area contributed by atoms with Gasteiger partial charge in [0.2, 0.25) is 5.91 Å². The molecular formula is C18H24N2O3S. The second-order valence-electron chi connectivity index (χ2n) is 7.05. The van der Waals surface area contributed by atoms with Gasteiger partial charge in [0.25, 0.3) is 5.91 Å². The first-order valence-corrected chi connectivity index (χ1v) is 9.89. The molecule has 2 N–H and O–H groups in total. The molecule has 2 amide bonds. The van der Waals surface area contributed by atoms with Crippen LogP contribution in [0.25, 0.3) is 0 Å². The first-order valence-electron chi connectivity index (χ1n) is 9.07. The maximum absolute atomic E-state index is 12.6. The minimum atomic E-state index is -0.0395. The third-order valence-corrected chi connectivity index (χ3v) is 6.21. The molecule has 24 heavy (non-hydrogen) atoms. The number of hydrogen-bond acceptors (Lipinski definition) is 4. The van der Waals surface area contributed by atoms with Crippen LogP contribution in [-0.4, -0.2) is 30.6 Å². The largest absolute Gasteiger partial charge is 0.378 e. The fourth-order valence-corrected chi connectivity index (χ4v) is 4.87. The Morgan fingerprint density at radius 2 is 2.00 bits per heavy atom. The molecular weight excluding hydrogens is 324 g/mol. The van der Waals surface area contributed by atoms with Crippen LogP contribution < -0.4 is 10.6 Å². The molecule has 2 heterocycles. The predicted molar refractivity (Wildman–Crippen MR) is 93.7 cm³/mol. The molecule has 1 atom stereocenters. The molecule has 6 heteroatoms. The van der Waals surface area contributed by atoms with Crippen LogP contribution in [0.15, 0.2) is 0 Å². The molecule has 3 aliphatic rings. The Morgan fingerprint density at radius 1 is 1.12 bits per heavy atom. The number of carbonyl (C=O) groups excluding carboxylic acids is 2. The minimum absolute atomic E-state index is 0.0129. The molecule has 5 nitrogen and oxygen atoms in total. The first kappa shape index (κ1) is 16.1. The van der Waals surface area contributed by atoms with Gasteiger partial charge in [0.05, 0.1) is 18.1 Å². The van der Waals surface area contributed by atoms with Gasteiger partial charge in [0.1, 0.15) is 5.00 Å². The van der Waals surface area contributed by atoms with Crippen molar-refractivity contribution in [2.24, 2.45) is 0 Å². The van der Waals surface area contributed by atoms with Gasteiger partial charge in [-0.25, -0.2) is 0 Å². The summed E-state index contributed by atoms with van der Waals surface area (Å²) in [4.78, 5) is 26.3. The van der Waals surface area contributed by atoms with Crippen molar-refractivity contribution < 1.29 is 14.3 Å². The number of fused-ring (bicyclic) bond motifs is 1. The molecule has 1 saturated heterocycles. The van der Waals surface area contributed by atoms with Gasteiger partial charge in [-0.2, -0.15) is 0 Å². The van der Waals surface area contributed by atoms with E-state index in [-0.39, 0.29) is 17.9 Å². The Bertz CT molecular complexity index is 645. The fraction of sp³-hybridized carbons (Fsp3) is 0.667. The van der Waals surface area contributed by atoms with Crippen LogP contribution in [0.1, 0.15) is 65.7 Å². The first-order chi connectivity index (χ1) is 11.7. The third kappa shape index (κ3) is 3.49. The van der Waals surface area contributed by atoms with E-state index in [4.69, 9.17) is 4.74 Å². The highest BCUT2D eigenvalue weighted by molar-refractivity contribution is 7.17. The Labute approximate surface area is 146 Å². The van der Waals surface area contributed by atoms with Gasteiger partial charge in [-0.1, -0.05) is 0 Å². The lowest BCUT2D eigenvalue weighted by atomic mass is 10.1. The molecule has 2 fully saturated rings. The van der Waals surface area contributed by atoms with Crippen molar-refractivity contribution in [1.29, 1.82) is 0 Å². The van der Waals surface area contributed by atoms with E-state index in [9.17, 15) is 9.59 Å². The van der Waals surface area contributed by atoms with Gasteiger partial charge in [-0.15, -0.1) is 11.3 Å². The number of rotatable bonds is 5. The van der Waals surface area contributed by atoms with Crippen LogP contribution in [0.3, 0.4) is 0 Å². The van der Waals surface area contributed by atoms with Crippen molar-refractivity contribution in [1.82, 2.24) is 5.32 Å². The molecule has 1 aliphatic heterocycles. The molecule has 1 unspecified atom stereocenters. The molecule has 0 bridgehead atoms. The summed E-state index contributed by atoms with van der Waals surface area (Å²) < 4.78 is 5.65. The maximum atomic E-state index is 12.6. The zero-order valence-electron chi connectivity index (χ0n) is 13.9. The van der Waals surface area contributed by atoms with E-state index in [1.54, 1.807) is 11.3 Å². The molecule has 0 radical (unpaired) electrons. The molecule has 1 saturated carbocycles. The SMILES string of the molecule is O=C(CC1CCCCO1)Nc1sc2c(c1C(=O)NC1CC1)CCC2. The summed E-state index contributed by atoms with van der Waals surface area (Å²) in [6.45, 7) is 0.750. The van der Waals surface area contributed by atoms with Gasteiger partial charge in [0.15, 0.2) is 0 Å². The summed E-state index contributed by atoms with van der Waals surface area (Å²) in [5.74, 6) is -0.0524. The van der Waals surface area contributed by atoms with Crippen LogP contribution in [-0.2, 0) is 22.4 Å². The van der Waals surface area contributed by atoms with Crippen molar-refractivity contribution >= 4 is 28.2 Å². The Hall–Kier alpha value is -1.40. The molecule has 0 spiro atoms. The van der Waals surface area contributed by atoms with Crippen molar-refractivity contribution in [3.05, 3.63) is 16.0 Å². The van der Waals surface area contributed by atoms with Crippen LogP contribution in [0.2, 0.25) is 0 Å². The normalized spacial score (nSPS) is 22.9. The zero-order chi connectivity index (χ0) is 16.5. The zero-order valence-corrected chi connectivity index (χ0v) is 14.7. The Morgan fingerprint density at radius 3 is 2.75 bits per heavy atom. The Kier molecular flexibility index (Phi) is 4.59.